The Labute approximate surface area is 77.3 Å². The highest BCUT2D eigenvalue weighted by Crippen LogP contribution is 2.22. The van der Waals surface area contributed by atoms with Gasteiger partial charge in [0.05, 0.1) is 0 Å². The van der Waals surface area contributed by atoms with E-state index in [1.165, 1.54) is 0 Å². The van der Waals surface area contributed by atoms with Gasteiger partial charge in [0, 0.05) is 0 Å². The molecule has 0 bridgehead atoms. The molecule has 8 nitrogen and oxygen atoms in total. The maximum absolute atomic E-state index is 10.5. The van der Waals surface area contributed by atoms with Gasteiger partial charge in [-0.1, -0.05) is 0 Å². The number of hydrogen-bond donors (Lipinski definition) is 4. The largest absolute Gasteiger partial charge is 0.481 e. The topological polar surface area (TPSA) is 141 Å². The third-order valence-corrected chi connectivity index (χ3v) is 1.76. The molecule has 0 saturated heterocycles. The first-order valence-electron chi connectivity index (χ1n) is 3.32. The van der Waals surface area contributed by atoms with Crippen LogP contribution < -0.4 is 0 Å². The number of hydrogen-bond acceptors (Lipinski definition) is 5. The standard InChI is InChI=1S/C6H8O8/c1-2(3(7)8)6(14-13,4(9)10)5(11)12/h2,13H,1H3,(H,7,8)(H,9,10)(H,11,12). The Bertz CT molecular complexity index is 255. The van der Waals surface area contributed by atoms with Crippen LogP contribution in [0.3, 0.4) is 0 Å². The molecule has 14 heavy (non-hydrogen) atoms. The van der Waals surface area contributed by atoms with E-state index in [9.17, 15) is 14.4 Å². The van der Waals surface area contributed by atoms with Crippen LogP contribution in [0.15, 0.2) is 0 Å². The Hall–Kier alpha value is -1.67. The zero-order chi connectivity index (χ0) is 11.5. The van der Waals surface area contributed by atoms with E-state index >= 15 is 0 Å². The molecule has 0 rings (SSSR count). The first-order valence-corrected chi connectivity index (χ1v) is 3.32. The van der Waals surface area contributed by atoms with Crippen LogP contribution in [-0.2, 0) is 19.3 Å². The molecule has 0 spiro atoms. The Morgan fingerprint density at radius 3 is 1.57 bits per heavy atom. The lowest BCUT2D eigenvalue weighted by atomic mass is 9.89. The molecule has 0 aromatic carbocycles. The summed E-state index contributed by atoms with van der Waals surface area (Å²) in [5.74, 6) is -7.85. The first kappa shape index (κ1) is 12.3. The fourth-order valence-corrected chi connectivity index (χ4v) is 0.793. The highest BCUT2D eigenvalue weighted by molar-refractivity contribution is 6.05. The Morgan fingerprint density at radius 1 is 1.14 bits per heavy atom. The van der Waals surface area contributed by atoms with Crippen molar-refractivity contribution in [2.75, 3.05) is 0 Å². The monoisotopic (exact) mass is 208 g/mol. The van der Waals surface area contributed by atoms with Crippen molar-refractivity contribution in [3.05, 3.63) is 0 Å². The van der Waals surface area contributed by atoms with Crippen molar-refractivity contribution in [2.24, 2.45) is 5.92 Å². The van der Waals surface area contributed by atoms with E-state index in [2.05, 4.69) is 4.89 Å². The number of rotatable bonds is 5. The van der Waals surface area contributed by atoms with Gasteiger partial charge in [-0.25, -0.2) is 14.5 Å². The van der Waals surface area contributed by atoms with Crippen LogP contribution >= 0.6 is 0 Å². The van der Waals surface area contributed by atoms with E-state index in [0.29, 0.717) is 0 Å². The van der Waals surface area contributed by atoms with Crippen molar-refractivity contribution in [2.45, 2.75) is 12.5 Å². The minimum absolute atomic E-state index is 0.792. The second kappa shape index (κ2) is 4.03. The Morgan fingerprint density at radius 2 is 1.50 bits per heavy atom. The first-order chi connectivity index (χ1) is 6.30. The van der Waals surface area contributed by atoms with Crippen molar-refractivity contribution in [3.63, 3.8) is 0 Å². The third kappa shape index (κ3) is 1.65. The summed E-state index contributed by atoms with van der Waals surface area (Å²) in [6, 6.07) is 0. The molecule has 0 aromatic heterocycles. The number of carbonyl (C=O) groups is 3. The highest BCUT2D eigenvalue weighted by Gasteiger charge is 2.57. The van der Waals surface area contributed by atoms with Gasteiger partial charge in [-0.3, -0.25) is 10.1 Å². The van der Waals surface area contributed by atoms with Gasteiger partial charge in [0.2, 0.25) is 0 Å². The van der Waals surface area contributed by atoms with E-state index in [1.54, 1.807) is 0 Å². The molecule has 0 heterocycles. The SMILES string of the molecule is CC(C(=O)O)C(OO)(C(=O)O)C(=O)O. The number of carboxylic acids is 3. The third-order valence-electron chi connectivity index (χ3n) is 1.76. The van der Waals surface area contributed by atoms with E-state index in [1.807, 2.05) is 0 Å². The van der Waals surface area contributed by atoms with Crippen LogP contribution in [0.5, 0.6) is 0 Å². The van der Waals surface area contributed by atoms with Crippen molar-refractivity contribution in [3.8, 4) is 0 Å². The molecule has 1 unspecified atom stereocenters. The van der Waals surface area contributed by atoms with E-state index in [0.717, 1.165) is 6.92 Å². The molecule has 0 aliphatic heterocycles. The van der Waals surface area contributed by atoms with E-state index < -0.39 is 29.4 Å². The maximum atomic E-state index is 10.5. The van der Waals surface area contributed by atoms with Crippen molar-refractivity contribution in [1.82, 2.24) is 0 Å². The number of aliphatic carboxylic acids is 3. The van der Waals surface area contributed by atoms with Gasteiger partial charge in [0.1, 0.15) is 5.92 Å². The average molecular weight is 208 g/mol. The second-order valence-corrected chi connectivity index (χ2v) is 2.50. The minimum atomic E-state index is -3.19. The van der Waals surface area contributed by atoms with Gasteiger partial charge < -0.3 is 15.3 Å². The van der Waals surface area contributed by atoms with Gasteiger partial charge in [-0.2, -0.15) is 0 Å². The molecule has 4 N–H and O–H groups in total. The molecule has 0 radical (unpaired) electrons. The predicted octanol–water partition coefficient (Wildman–Crippen LogP) is -0.895. The molecule has 0 aliphatic rings. The molecule has 0 aromatic rings. The van der Waals surface area contributed by atoms with Crippen molar-refractivity contribution < 1.29 is 39.8 Å². The van der Waals surface area contributed by atoms with Crippen molar-refractivity contribution in [1.29, 1.82) is 0 Å². The molecule has 8 heteroatoms. The number of carboxylic acid groups (broad SMARTS) is 3. The van der Waals surface area contributed by atoms with Gasteiger partial charge in [-0.05, 0) is 6.92 Å². The van der Waals surface area contributed by atoms with Gasteiger partial charge in [0.25, 0.3) is 0 Å². The second-order valence-electron chi connectivity index (χ2n) is 2.50. The van der Waals surface area contributed by atoms with Crippen LogP contribution in [-0.4, -0.2) is 44.1 Å². The van der Waals surface area contributed by atoms with Crippen LogP contribution in [0, 0.1) is 5.92 Å². The fourth-order valence-electron chi connectivity index (χ4n) is 0.793. The summed E-state index contributed by atoms with van der Waals surface area (Å²) in [4.78, 5) is 34.7. The van der Waals surface area contributed by atoms with Crippen LogP contribution in [0.4, 0.5) is 0 Å². The summed E-state index contributed by atoms with van der Waals surface area (Å²) in [7, 11) is 0. The quantitative estimate of drug-likeness (QED) is 0.259. The summed E-state index contributed by atoms with van der Waals surface area (Å²) in [5, 5.41) is 33.6. The zero-order valence-corrected chi connectivity index (χ0v) is 7.00. The summed E-state index contributed by atoms with van der Waals surface area (Å²) < 4.78 is 0. The average Bonchev–Trinajstić information content (AvgIpc) is 2.04. The summed E-state index contributed by atoms with van der Waals surface area (Å²) in [6.07, 6.45) is 0. The van der Waals surface area contributed by atoms with Gasteiger partial charge in [-0.15, -0.1) is 0 Å². The van der Waals surface area contributed by atoms with Crippen LogP contribution in [0.1, 0.15) is 6.92 Å². The van der Waals surface area contributed by atoms with Crippen molar-refractivity contribution >= 4 is 17.9 Å². The lowest BCUT2D eigenvalue weighted by Crippen LogP contribution is -2.56. The molecule has 0 aliphatic carbocycles. The highest BCUT2D eigenvalue weighted by atomic mass is 17.1. The molecule has 0 fully saturated rings. The van der Waals surface area contributed by atoms with E-state index in [-0.39, 0.29) is 0 Å². The molecule has 0 saturated carbocycles. The van der Waals surface area contributed by atoms with Crippen LogP contribution in [0.2, 0.25) is 0 Å². The Kier molecular flexibility index (Phi) is 3.55. The van der Waals surface area contributed by atoms with Gasteiger partial charge >= 0.3 is 23.5 Å². The van der Waals surface area contributed by atoms with E-state index in [4.69, 9.17) is 20.6 Å². The minimum Gasteiger partial charge on any atom is -0.481 e. The van der Waals surface area contributed by atoms with Gasteiger partial charge in [0.15, 0.2) is 0 Å². The zero-order valence-electron chi connectivity index (χ0n) is 7.00. The summed E-state index contributed by atoms with van der Waals surface area (Å²) >= 11 is 0. The normalized spacial score (nSPS) is 13.3. The molecule has 80 valence electrons. The van der Waals surface area contributed by atoms with Crippen LogP contribution in [0.25, 0.3) is 0 Å². The summed E-state index contributed by atoms with van der Waals surface area (Å²) in [5.41, 5.74) is -3.19. The molecule has 1 atom stereocenters. The molecular formula is C6H8O8. The maximum Gasteiger partial charge on any atom is 0.352 e. The summed E-state index contributed by atoms with van der Waals surface area (Å²) in [6.45, 7) is 0.792. The predicted molar refractivity (Wildman–Crippen MR) is 38.5 cm³/mol. The molecular weight excluding hydrogens is 200 g/mol. The Balaban J connectivity index is 5.36. The smallest absolute Gasteiger partial charge is 0.352 e. The molecule has 0 amide bonds. The fraction of sp³-hybridized carbons (Fsp3) is 0.500. The lowest BCUT2D eigenvalue weighted by molar-refractivity contribution is -0.321. The lowest BCUT2D eigenvalue weighted by Gasteiger charge is -2.24.